The van der Waals surface area contributed by atoms with Crippen molar-refractivity contribution in [2.45, 2.75) is 32.6 Å². The predicted molar refractivity (Wildman–Crippen MR) is 69.2 cm³/mol. The molecule has 0 fully saturated rings. The molecule has 90 valence electrons. The van der Waals surface area contributed by atoms with E-state index in [9.17, 15) is 9.59 Å². The molecule has 0 aliphatic rings. The molecule has 0 radical (unpaired) electrons. The average Bonchev–Trinajstić information content (AvgIpc) is 2.33. The Hall–Kier alpha value is -1.70. The first-order chi connectivity index (χ1) is 8.24. The third kappa shape index (κ3) is 5.25. The Morgan fingerprint density at radius 3 is 2.71 bits per heavy atom. The van der Waals surface area contributed by atoms with Gasteiger partial charge in [-0.1, -0.05) is 30.3 Å². The first-order valence-electron chi connectivity index (χ1n) is 5.94. The molecule has 0 aliphatic heterocycles. The fourth-order valence-electron chi connectivity index (χ4n) is 1.70. The van der Waals surface area contributed by atoms with E-state index in [2.05, 4.69) is 0 Å². The summed E-state index contributed by atoms with van der Waals surface area (Å²) in [4.78, 5) is 21.4. The van der Waals surface area contributed by atoms with Crippen LogP contribution in [-0.2, 0) is 11.2 Å². The number of unbranched alkanes of at least 4 members (excludes halogenated alkanes) is 2. The maximum absolute atomic E-state index is 10.8. The van der Waals surface area contributed by atoms with Crippen LogP contribution in [0, 0.1) is 0 Å². The van der Waals surface area contributed by atoms with Crippen LogP contribution in [0.3, 0.4) is 0 Å². The lowest BCUT2D eigenvalue weighted by molar-refractivity contribution is -0.112. The normalized spacial score (nSPS) is 10.6. The topological polar surface area (TPSA) is 34.1 Å². The minimum absolute atomic E-state index is 0.0938. The van der Waals surface area contributed by atoms with Crippen LogP contribution in [0.1, 0.15) is 42.1 Å². The van der Waals surface area contributed by atoms with Crippen LogP contribution in [0.5, 0.6) is 0 Å². The van der Waals surface area contributed by atoms with Gasteiger partial charge >= 0.3 is 0 Å². The first kappa shape index (κ1) is 13.4. The highest BCUT2D eigenvalue weighted by Crippen LogP contribution is 2.11. The number of carbonyl (C=O) groups excluding carboxylic acids is 2. The van der Waals surface area contributed by atoms with Crippen molar-refractivity contribution in [1.29, 1.82) is 0 Å². The summed E-state index contributed by atoms with van der Waals surface area (Å²) in [5.41, 5.74) is 1.89. The van der Waals surface area contributed by atoms with Gasteiger partial charge in [-0.25, -0.2) is 0 Å². The number of ketones is 1. The molecule has 0 unspecified atom stereocenters. The lowest BCUT2D eigenvalue weighted by Gasteiger charge is -2.03. The molecule has 0 aromatic heterocycles. The van der Waals surface area contributed by atoms with Gasteiger partial charge in [-0.3, -0.25) is 9.59 Å². The van der Waals surface area contributed by atoms with E-state index in [1.165, 1.54) is 0 Å². The minimum Gasteiger partial charge on any atom is -0.298 e. The smallest absolute Gasteiger partial charge is 0.152 e. The summed E-state index contributed by atoms with van der Waals surface area (Å²) < 4.78 is 0. The van der Waals surface area contributed by atoms with Crippen LogP contribution in [0.15, 0.2) is 36.4 Å². The lowest BCUT2D eigenvalue weighted by Crippen LogP contribution is -1.92. The molecule has 0 N–H and O–H groups in total. The van der Waals surface area contributed by atoms with Crippen LogP contribution in [0.2, 0.25) is 0 Å². The number of carbonyl (C=O) groups is 2. The maximum atomic E-state index is 10.8. The Bertz CT molecular complexity index is 405. The lowest BCUT2D eigenvalue weighted by atomic mass is 10.0. The van der Waals surface area contributed by atoms with Gasteiger partial charge in [0, 0.05) is 5.56 Å². The Kier molecular flexibility index (Phi) is 5.94. The number of hydrogen-bond donors (Lipinski definition) is 0. The van der Waals surface area contributed by atoms with Crippen molar-refractivity contribution in [3.05, 3.63) is 47.5 Å². The molecule has 17 heavy (non-hydrogen) atoms. The van der Waals surface area contributed by atoms with Crippen molar-refractivity contribution in [2.75, 3.05) is 0 Å². The van der Waals surface area contributed by atoms with Crippen molar-refractivity contribution in [3.63, 3.8) is 0 Å². The second kappa shape index (κ2) is 7.55. The molecular formula is C15H18O2. The zero-order valence-corrected chi connectivity index (χ0v) is 10.2. The number of aldehydes is 1. The van der Waals surface area contributed by atoms with Crippen molar-refractivity contribution in [3.8, 4) is 0 Å². The number of hydrogen-bond acceptors (Lipinski definition) is 2. The van der Waals surface area contributed by atoms with E-state index in [0.29, 0.717) is 0 Å². The van der Waals surface area contributed by atoms with Gasteiger partial charge in [0.05, 0.1) is 0 Å². The largest absolute Gasteiger partial charge is 0.298 e. The summed E-state index contributed by atoms with van der Waals surface area (Å²) in [6, 6.07) is 7.67. The van der Waals surface area contributed by atoms with Crippen LogP contribution >= 0.6 is 0 Å². The standard InChI is InChI=1S/C15H18O2/c1-13(17)8-4-2-3-5-9-14-10-6-7-11-15(14)12-16/h4,6-8,10-12H,2-3,5,9H2,1H3/b8-4+. The highest BCUT2D eigenvalue weighted by atomic mass is 16.1. The summed E-state index contributed by atoms with van der Waals surface area (Å²) in [7, 11) is 0. The number of rotatable bonds is 7. The van der Waals surface area contributed by atoms with E-state index in [1.807, 2.05) is 30.3 Å². The van der Waals surface area contributed by atoms with Gasteiger partial charge in [0.2, 0.25) is 0 Å². The summed E-state index contributed by atoms with van der Waals surface area (Å²) in [5, 5.41) is 0. The molecule has 0 saturated heterocycles. The van der Waals surface area contributed by atoms with Crippen LogP contribution in [0.25, 0.3) is 0 Å². The van der Waals surface area contributed by atoms with Gasteiger partial charge in [-0.05, 0) is 44.2 Å². The molecule has 0 atom stereocenters. The van der Waals surface area contributed by atoms with Gasteiger partial charge in [-0.15, -0.1) is 0 Å². The molecule has 0 amide bonds. The molecule has 0 aliphatic carbocycles. The van der Waals surface area contributed by atoms with E-state index in [-0.39, 0.29) is 5.78 Å². The molecule has 0 bridgehead atoms. The Morgan fingerprint density at radius 1 is 1.24 bits per heavy atom. The summed E-state index contributed by atoms with van der Waals surface area (Å²) in [6.07, 6.45) is 8.34. The molecular weight excluding hydrogens is 212 g/mol. The Balaban J connectivity index is 2.31. The van der Waals surface area contributed by atoms with Crippen LogP contribution < -0.4 is 0 Å². The molecule has 0 heterocycles. The van der Waals surface area contributed by atoms with Crippen LogP contribution in [-0.4, -0.2) is 12.1 Å². The quantitative estimate of drug-likeness (QED) is 0.409. The Labute approximate surface area is 102 Å². The molecule has 2 heteroatoms. The van der Waals surface area contributed by atoms with Crippen molar-refractivity contribution in [1.82, 2.24) is 0 Å². The molecule has 0 spiro atoms. The molecule has 1 rings (SSSR count). The van der Waals surface area contributed by atoms with E-state index in [0.717, 1.165) is 43.1 Å². The van der Waals surface area contributed by atoms with Crippen LogP contribution in [0.4, 0.5) is 0 Å². The fourth-order valence-corrected chi connectivity index (χ4v) is 1.70. The predicted octanol–water partition coefficient (Wildman–Crippen LogP) is 3.36. The Morgan fingerprint density at radius 2 is 2.00 bits per heavy atom. The monoisotopic (exact) mass is 230 g/mol. The van der Waals surface area contributed by atoms with Gasteiger partial charge in [0.15, 0.2) is 5.78 Å². The molecule has 1 aromatic rings. The second-order valence-corrected chi connectivity index (χ2v) is 4.08. The van der Waals surface area contributed by atoms with Crippen molar-refractivity contribution in [2.24, 2.45) is 0 Å². The fraction of sp³-hybridized carbons (Fsp3) is 0.333. The van der Waals surface area contributed by atoms with E-state index in [1.54, 1.807) is 13.0 Å². The third-order valence-electron chi connectivity index (χ3n) is 2.60. The second-order valence-electron chi connectivity index (χ2n) is 4.08. The maximum Gasteiger partial charge on any atom is 0.152 e. The molecule has 1 aromatic carbocycles. The molecule has 2 nitrogen and oxygen atoms in total. The minimum atomic E-state index is 0.0938. The van der Waals surface area contributed by atoms with E-state index in [4.69, 9.17) is 0 Å². The van der Waals surface area contributed by atoms with E-state index < -0.39 is 0 Å². The molecule has 0 saturated carbocycles. The number of benzene rings is 1. The number of aryl methyl sites for hydroxylation is 1. The van der Waals surface area contributed by atoms with Gasteiger partial charge in [0.1, 0.15) is 6.29 Å². The SMILES string of the molecule is CC(=O)/C=C/CCCCc1ccccc1C=O. The van der Waals surface area contributed by atoms with E-state index >= 15 is 0 Å². The first-order valence-corrected chi connectivity index (χ1v) is 5.94. The highest BCUT2D eigenvalue weighted by molar-refractivity contribution is 5.87. The van der Waals surface area contributed by atoms with Gasteiger partial charge in [-0.2, -0.15) is 0 Å². The highest BCUT2D eigenvalue weighted by Gasteiger charge is 1.99. The summed E-state index contributed by atoms with van der Waals surface area (Å²) in [5.74, 6) is 0.0938. The third-order valence-corrected chi connectivity index (χ3v) is 2.60. The summed E-state index contributed by atoms with van der Waals surface area (Å²) >= 11 is 0. The summed E-state index contributed by atoms with van der Waals surface area (Å²) in [6.45, 7) is 1.55. The van der Waals surface area contributed by atoms with Crippen molar-refractivity contribution >= 4 is 12.1 Å². The zero-order chi connectivity index (χ0) is 12.5. The number of allylic oxidation sites excluding steroid dienone is 2. The van der Waals surface area contributed by atoms with Gasteiger partial charge in [0.25, 0.3) is 0 Å². The van der Waals surface area contributed by atoms with Crippen molar-refractivity contribution < 1.29 is 9.59 Å². The average molecular weight is 230 g/mol. The zero-order valence-electron chi connectivity index (χ0n) is 10.2. The van der Waals surface area contributed by atoms with Gasteiger partial charge < -0.3 is 0 Å².